The summed E-state index contributed by atoms with van der Waals surface area (Å²) in [6.07, 6.45) is 8.68. The van der Waals surface area contributed by atoms with Crippen molar-refractivity contribution in [1.82, 2.24) is 15.3 Å². The van der Waals surface area contributed by atoms with Gasteiger partial charge in [-0.05, 0) is 84.8 Å². The Balaban J connectivity index is 1.46. The number of hydrogen-bond donors (Lipinski definition) is 2. The molecule has 0 bridgehead atoms. The van der Waals surface area contributed by atoms with Crippen LogP contribution in [0.1, 0.15) is 64.6 Å². The minimum atomic E-state index is -0.163. The maximum absolute atomic E-state index is 12.9. The molecule has 0 unspecified atom stereocenters. The van der Waals surface area contributed by atoms with Crippen molar-refractivity contribution in [3.8, 4) is 0 Å². The molecule has 0 aliphatic rings. The smallest absolute Gasteiger partial charge is 0.253 e. The van der Waals surface area contributed by atoms with Gasteiger partial charge in [-0.2, -0.15) is 0 Å². The van der Waals surface area contributed by atoms with E-state index in [1.807, 2.05) is 68.5 Å². The largest absolute Gasteiger partial charge is 0.397 e. The van der Waals surface area contributed by atoms with Crippen molar-refractivity contribution in [1.29, 1.82) is 0 Å². The second-order valence-electron chi connectivity index (χ2n) is 8.89. The van der Waals surface area contributed by atoms with Crippen molar-refractivity contribution in [2.24, 2.45) is 5.73 Å². The minimum absolute atomic E-state index is 0.163. The number of nitrogens with one attached hydrogen (secondary N) is 1. The SMILES string of the molecule is C/C=C(/N)c1ccc2cc(Cc3cncc(C(=O)NCc4ccc(CC)c(/C(Cl)=C\C)c4)c3)ccc2n1. The standard InChI is InChI=1S/C31H31ClN4O/c1-4-23-9-7-21(16-26(23)27(32)5-2)18-35-31(37)25-15-22(17-34-19-25)13-20-8-11-29-24(14-20)10-12-30(36-29)28(33)6-3/h5-12,14-17,19H,4,13,18,33H2,1-3H3,(H,35,37)/b27-5+,28-6+. The third kappa shape index (κ3) is 6.25. The van der Waals surface area contributed by atoms with Gasteiger partial charge in [-0.25, -0.2) is 4.98 Å². The average Bonchev–Trinajstić information content (AvgIpc) is 2.94. The molecule has 2 aromatic carbocycles. The average molecular weight is 511 g/mol. The molecule has 0 radical (unpaired) electrons. The molecule has 0 fully saturated rings. The molecule has 2 heterocycles. The molecular weight excluding hydrogens is 480 g/mol. The van der Waals surface area contributed by atoms with Crippen molar-refractivity contribution in [2.75, 3.05) is 0 Å². The van der Waals surface area contributed by atoms with Gasteiger partial charge in [0.25, 0.3) is 5.91 Å². The molecule has 0 aliphatic heterocycles. The van der Waals surface area contributed by atoms with Gasteiger partial charge in [0.05, 0.1) is 22.5 Å². The van der Waals surface area contributed by atoms with E-state index in [2.05, 4.69) is 34.3 Å². The Kier molecular flexibility index (Phi) is 8.36. The Hall–Kier alpha value is -3.96. The highest BCUT2D eigenvalue weighted by atomic mass is 35.5. The fourth-order valence-electron chi connectivity index (χ4n) is 4.24. The maximum atomic E-state index is 12.9. The van der Waals surface area contributed by atoms with E-state index in [1.165, 1.54) is 5.56 Å². The Bertz CT molecular complexity index is 1510. The molecule has 4 rings (SSSR count). The number of benzene rings is 2. The zero-order valence-electron chi connectivity index (χ0n) is 21.4. The summed E-state index contributed by atoms with van der Waals surface area (Å²) in [4.78, 5) is 21.8. The molecule has 3 N–H and O–H groups in total. The predicted molar refractivity (Wildman–Crippen MR) is 153 cm³/mol. The van der Waals surface area contributed by atoms with Crippen LogP contribution in [0.25, 0.3) is 21.6 Å². The second-order valence-corrected chi connectivity index (χ2v) is 9.30. The van der Waals surface area contributed by atoms with Crippen molar-refractivity contribution in [3.63, 3.8) is 0 Å². The molecule has 1 amide bonds. The number of halogens is 1. The lowest BCUT2D eigenvalue weighted by Gasteiger charge is -2.11. The van der Waals surface area contributed by atoms with Gasteiger partial charge >= 0.3 is 0 Å². The van der Waals surface area contributed by atoms with Crippen molar-refractivity contribution in [2.45, 2.75) is 40.2 Å². The highest BCUT2D eigenvalue weighted by Gasteiger charge is 2.10. The summed E-state index contributed by atoms with van der Waals surface area (Å²) in [7, 11) is 0. The number of hydrogen-bond acceptors (Lipinski definition) is 4. The fourth-order valence-corrected chi connectivity index (χ4v) is 4.42. The number of nitrogens with two attached hydrogens (primary N) is 1. The monoisotopic (exact) mass is 510 g/mol. The maximum Gasteiger partial charge on any atom is 0.253 e. The molecular formula is C31H31ClN4O. The molecule has 188 valence electrons. The summed E-state index contributed by atoms with van der Waals surface area (Å²) < 4.78 is 0. The number of carbonyl (C=O) groups is 1. The number of fused-ring (bicyclic) bond motifs is 1. The van der Waals surface area contributed by atoms with Crippen LogP contribution in [0.3, 0.4) is 0 Å². The number of pyridine rings is 2. The Morgan fingerprint density at radius 2 is 1.78 bits per heavy atom. The van der Waals surface area contributed by atoms with Gasteiger partial charge in [0.1, 0.15) is 0 Å². The first-order valence-corrected chi connectivity index (χ1v) is 12.8. The lowest BCUT2D eigenvalue weighted by atomic mass is 10.0. The first-order valence-electron chi connectivity index (χ1n) is 12.4. The van der Waals surface area contributed by atoms with Crippen molar-refractivity contribution >= 4 is 39.1 Å². The summed E-state index contributed by atoms with van der Waals surface area (Å²) in [5, 5.41) is 4.76. The third-order valence-electron chi connectivity index (χ3n) is 6.34. The third-order valence-corrected chi connectivity index (χ3v) is 6.77. The highest BCUT2D eigenvalue weighted by molar-refractivity contribution is 6.48. The van der Waals surface area contributed by atoms with Crippen LogP contribution in [0.5, 0.6) is 0 Å². The van der Waals surface area contributed by atoms with Crippen molar-refractivity contribution in [3.05, 3.63) is 118 Å². The molecule has 5 nitrogen and oxygen atoms in total. The van der Waals surface area contributed by atoms with Crippen LogP contribution < -0.4 is 11.1 Å². The second kappa shape index (κ2) is 11.8. The molecule has 2 aromatic heterocycles. The van der Waals surface area contributed by atoms with Gasteiger partial charge in [-0.1, -0.05) is 54.9 Å². The molecule has 4 aromatic rings. The van der Waals surface area contributed by atoms with E-state index in [1.54, 1.807) is 12.4 Å². The van der Waals surface area contributed by atoms with Gasteiger partial charge in [0.2, 0.25) is 0 Å². The zero-order chi connectivity index (χ0) is 26.4. The van der Waals surface area contributed by atoms with Crippen LogP contribution in [-0.4, -0.2) is 15.9 Å². The predicted octanol–water partition coefficient (Wildman–Crippen LogP) is 6.63. The molecule has 0 atom stereocenters. The van der Waals surface area contributed by atoms with Gasteiger partial charge in [-0.15, -0.1) is 0 Å². The van der Waals surface area contributed by atoms with E-state index >= 15 is 0 Å². The van der Waals surface area contributed by atoms with Crippen LogP contribution in [0.2, 0.25) is 0 Å². The normalized spacial score (nSPS) is 12.1. The van der Waals surface area contributed by atoms with Crippen LogP contribution in [0.15, 0.2) is 79.1 Å². The van der Waals surface area contributed by atoms with E-state index in [-0.39, 0.29) is 5.91 Å². The van der Waals surface area contributed by atoms with E-state index in [9.17, 15) is 4.79 Å². The fraction of sp³-hybridized carbons (Fsp3) is 0.194. The summed E-state index contributed by atoms with van der Waals surface area (Å²) in [6, 6.07) is 18.1. The van der Waals surface area contributed by atoms with Crippen LogP contribution >= 0.6 is 11.6 Å². The summed E-state index contributed by atoms with van der Waals surface area (Å²) in [5.41, 5.74) is 14.1. The van der Waals surface area contributed by atoms with Crippen LogP contribution in [0.4, 0.5) is 0 Å². The Morgan fingerprint density at radius 1 is 0.973 bits per heavy atom. The van der Waals surface area contributed by atoms with E-state index < -0.39 is 0 Å². The summed E-state index contributed by atoms with van der Waals surface area (Å²) in [6.45, 7) is 6.33. The zero-order valence-corrected chi connectivity index (χ0v) is 22.1. The lowest BCUT2D eigenvalue weighted by Crippen LogP contribution is -2.23. The van der Waals surface area contributed by atoms with E-state index in [0.29, 0.717) is 29.3 Å². The quantitative estimate of drug-likeness (QED) is 0.278. The number of rotatable bonds is 8. The van der Waals surface area contributed by atoms with Gasteiger partial charge in [0.15, 0.2) is 0 Å². The minimum Gasteiger partial charge on any atom is -0.397 e. The van der Waals surface area contributed by atoms with Gasteiger partial charge in [-0.3, -0.25) is 9.78 Å². The topological polar surface area (TPSA) is 80.9 Å². The number of carbonyl (C=O) groups excluding carboxylic acids is 1. The van der Waals surface area contributed by atoms with Crippen LogP contribution in [0, 0.1) is 0 Å². The van der Waals surface area contributed by atoms with E-state index in [0.717, 1.165) is 45.3 Å². The number of aryl methyl sites for hydroxylation is 1. The van der Waals surface area contributed by atoms with E-state index in [4.69, 9.17) is 17.3 Å². The Labute approximate surface area is 223 Å². The number of nitrogens with zero attached hydrogens (tertiary/aromatic N) is 2. The van der Waals surface area contributed by atoms with Crippen LogP contribution in [-0.2, 0) is 19.4 Å². The summed E-state index contributed by atoms with van der Waals surface area (Å²) >= 11 is 6.40. The molecule has 0 aliphatic carbocycles. The molecule has 6 heteroatoms. The molecule has 0 saturated heterocycles. The first kappa shape index (κ1) is 26.1. The lowest BCUT2D eigenvalue weighted by molar-refractivity contribution is 0.0950. The molecule has 0 saturated carbocycles. The number of allylic oxidation sites excluding steroid dienone is 2. The number of amides is 1. The highest BCUT2D eigenvalue weighted by Crippen LogP contribution is 2.25. The van der Waals surface area contributed by atoms with Gasteiger partial charge < -0.3 is 11.1 Å². The Morgan fingerprint density at radius 3 is 2.54 bits per heavy atom. The molecule has 37 heavy (non-hydrogen) atoms. The number of aromatic nitrogens is 2. The molecule has 0 spiro atoms. The van der Waals surface area contributed by atoms with Crippen molar-refractivity contribution < 1.29 is 4.79 Å². The summed E-state index contributed by atoms with van der Waals surface area (Å²) in [5.74, 6) is -0.163. The van der Waals surface area contributed by atoms with Gasteiger partial charge in [0, 0.05) is 29.4 Å². The first-order chi connectivity index (χ1) is 17.9.